The number of furan rings is 1. The standard InChI is InChI=1S/C15H16BrN3O/c1-10(17-7-11-8-18-19(2)9-11)15-6-12-5-13(16)3-4-14(12)20-15/h3-6,8-10,17H,7H2,1-2H3. The third-order valence-corrected chi connectivity index (χ3v) is 3.79. The summed E-state index contributed by atoms with van der Waals surface area (Å²) in [6.07, 6.45) is 3.88. The maximum absolute atomic E-state index is 5.87. The summed E-state index contributed by atoms with van der Waals surface area (Å²) >= 11 is 3.48. The van der Waals surface area contributed by atoms with Crippen LogP contribution in [0.5, 0.6) is 0 Å². The van der Waals surface area contributed by atoms with Gasteiger partial charge in [0.2, 0.25) is 0 Å². The molecule has 0 aliphatic rings. The van der Waals surface area contributed by atoms with E-state index in [1.807, 2.05) is 31.6 Å². The Morgan fingerprint density at radius 1 is 1.40 bits per heavy atom. The molecule has 0 fully saturated rings. The molecule has 4 nitrogen and oxygen atoms in total. The minimum atomic E-state index is 0.154. The van der Waals surface area contributed by atoms with Gasteiger partial charge in [0.15, 0.2) is 0 Å². The van der Waals surface area contributed by atoms with Gasteiger partial charge in [-0.2, -0.15) is 5.10 Å². The molecule has 0 amide bonds. The third kappa shape index (κ3) is 2.78. The van der Waals surface area contributed by atoms with Crippen LogP contribution in [0.15, 0.2) is 45.5 Å². The Balaban J connectivity index is 1.73. The van der Waals surface area contributed by atoms with Gasteiger partial charge in [-0.1, -0.05) is 15.9 Å². The Morgan fingerprint density at radius 3 is 3.00 bits per heavy atom. The average Bonchev–Trinajstić information content (AvgIpc) is 3.01. The van der Waals surface area contributed by atoms with E-state index in [0.29, 0.717) is 0 Å². The van der Waals surface area contributed by atoms with Crippen molar-refractivity contribution in [3.05, 3.63) is 52.5 Å². The molecule has 0 aliphatic heterocycles. The smallest absolute Gasteiger partial charge is 0.134 e. The molecule has 3 rings (SSSR count). The van der Waals surface area contributed by atoms with Gasteiger partial charge in [0.05, 0.1) is 12.2 Å². The SMILES string of the molecule is CC(NCc1cnn(C)c1)c1cc2cc(Br)ccc2o1. The molecule has 0 bridgehead atoms. The van der Waals surface area contributed by atoms with E-state index in [2.05, 4.69) is 45.4 Å². The lowest BCUT2D eigenvalue weighted by molar-refractivity contribution is 0.451. The minimum absolute atomic E-state index is 0.154. The van der Waals surface area contributed by atoms with E-state index in [1.54, 1.807) is 4.68 Å². The normalized spacial score (nSPS) is 12.9. The lowest BCUT2D eigenvalue weighted by atomic mass is 10.2. The van der Waals surface area contributed by atoms with Crippen LogP contribution in [0.25, 0.3) is 11.0 Å². The lowest BCUT2D eigenvalue weighted by Gasteiger charge is -2.09. The van der Waals surface area contributed by atoms with E-state index in [9.17, 15) is 0 Å². The van der Waals surface area contributed by atoms with Crippen LogP contribution in [0.2, 0.25) is 0 Å². The number of nitrogens with zero attached hydrogens (tertiary/aromatic N) is 2. The summed E-state index contributed by atoms with van der Waals surface area (Å²) in [5, 5.41) is 8.72. The highest BCUT2D eigenvalue weighted by Crippen LogP contribution is 2.26. The van der Waals surface area contributed by atoms with Gasteiger partial charge in [0.1, 0.15) is 11.3 Å². The number of benzene rings is 1. The van der Waals surface area contributed by atoms with E-state index < -0.39 is 0 Å². The average molecular weight is 334 g/mol. The summed E-state index contributed by atoms with van der Waals surface area (Å²) in [5.74, 6) is 0.946. The second-order valence-corrected chi connectivity index (χ2v) is 5.87. The first-order chi connectivity index (χ1) is 9.61. The van der Waals surface area contributed by atoms with Crippen LogP contribution in [0.1, 0.15) is 24.3 Å². The Hall–Kier alpha value is -1.59. The van der Waals surface area contributed by atoms with Crippen LogP contribution in [0, 0.1) is 0 Å². The van der Waals surface area contributed by atoms with Crippen LogP contribution in [-0.2, 0) is 13.6 Å². The molecule has 20 heavy (non-hydrogen) atoms. The summed E-state index contributed by atoms with van der Waals surface area (Å²) in [4.78, 5) is 0. The Bertz CT molecular complexity index is 732. The van der Waals surface area contributed by atoms with Gasteiger partial charge in [0.25, 0.3) is 0 Å². The van der Waals surface area contributed by atoms with Gasteiger partial charge in [-0.25, -0.2) is 0 Å². The fourth-order valence-corrected chi connectivity index (χ4v) is 2.56. The van der Waals surface area contributed by atoms with Crippen LogP contribution in [0.4, 0.5) is 0 Å². The number of rotatable bonds is 4. The zero-order chi connectivity index (χ0) is 14.1. The molecule has 0 radical (unpaired) electrons. The molecular weight excluding hydrogens is 318 g/mol. The zero-order valence-electron chi connectivity index (χ0n) is 11.4. The molecule has 1 N–H and O–H groups in total. The van der Waals surface area contributed by atoms with Crippen molar-refractivity contribution in [2.45, 2.75) is 19.5 Å². The Morgan fingerprint density at radius 2 is 2.25 bits per heavy atom. The first kappa shape index (κ1) is 13.4. The molecule has 5 heteroatoms. The summed E-state index contributed by atoms with van der Waals surface area (Å²) in [5.41, 5.74) is 2.08. The summed E-state index contributed by atoms with van der Waals surface area (Å²) < 4.78 is 8.74. The van der Waals surface area contributed by atoms with Crippen molar-refractivity contribution in [1.29, 1.82) is 0 Å². The number of halogens is 1. The summed E-state index contributed by atoms with van der Waals surface area (Å²) in [7, 11) is 1.92. The predicted octanol–water partition coefficient (Wildman–Crippen LogP) is 3.78. The van der Waals surface area contributed by atoms with E-state index in [0.717, 1.165) is 27.7 Å². The summed E-state index contributed by atoms with van der Waals surface area (Å²) in [6.45, 7) is 2.87. The first-order valence-corrected chi connectivity index (χ1v) is 7.31. The highest BCUT2D eigenvalue weighted by molar-refractivity contribution is 9.10. The molecule has 0 aliphatic carbocycles. The van der Waals surface area contributed by atoms with Gasteiger partial charge < -0.3 is 9.73 Å². The van der Waals surface area contributed by atoms with E-state index in [1.165, 1.54) is 5.56 Å². The number of hydrogen-bond acceptors (Lipinski definition) is 3. The third-order valence-electron chi connectivity index (χ3n) is 3.29. The maximum atomic E-state index is 5.87. The van der Waals surface area contributed by atoms with Gasteiger partial charge in [-0.15, -0.1) is 0 Å². The second-order valence-electron chi connectivity index (χ2n) is 4.96. The Labute approximate surface area is 125 Å². The largest absolute Gasteiger partial charge is 0.459 e. The fourth-order valence-electron chi connectivity index (χ4n) is 2.18. The number of nitrogens with one attached hydrogen (secondary N) is 1. The van der Waals surface area contributed by atoms with Crippen LogP contribution in [-0.4, -0.2) is 9.78 Å². The monoisotopic (exact) mass is 333 g/mol. The molecule has 0 spiro atoms. The molecule has 2 aromatic heterocycles. The number of aryl methyl sites for hydroxylation is 1. The topological polar surface area (TPSA) is 43.0 Å². The van der Waals surface area contributed by atoms with Crippen molar-refractivity contribution in [2.75, 3.05) is 0 Å². The highest BCUT2D eigenvalue weighted by Gasteiger charge is 2.11. The van der Waals surface area contributed by atoms with E-state index in [-0.39, 0.29) is 6.04 Å². The molecule has 104 valence electrons. The van der Waals surface area contributed by atoms with Gasteiger partial charge in [0, 0.05) is 35.2 Å². The minimum Gasteiger partial charge on any atom is -0.459 e. The second kappa shape index (κ2) is 5.42. The summed E-state index contributed by atoms with van der Waals surface area (Å²) in [6, 6.07) is 8.28. The molecular formula is C15H16BrN3O. The number of aromatic nitrogens is 2. The number of hydrogen-bond donors (Lipinski definition) is 1. The van der Waals surface area contributed by atoms with Crippen molar-refractivity contribution in [3.63, 3.8) is 0 Å². The van der Waals surface area contributed by atoms with Crippen molar-refractivity contribution in [2.24, 2.45) is 7.05 Å². The van der Waals surface area contributed by atoms with E-state index in [4.69, 9.17) is 4.42 Å². The van der Waals surface area contributed by atoms with E-state index >= 15 is 0 Å². The lowest BCUT2D eigenvalue weighted by Crippen LogP contribution is -2.17. The number of fused-ring (bicyclic) bond motifs is 1. The molecule has 0 saturated carbocycles. The maximum Gasteiger partial charge on any atom is 0.134 e. The van der Waals surface area contributed by atoms with Gasteiger partial charge in [-0.3, -0.25) is 4.68 Å². The fraction of sp³-hybridized carbons (Fsp3) is 0.267. The van der Waals surface area contributed by atoms with Crippen molar-refractivity contribution in [1.82, 2.24) is 15.1 Å². The Kier molecular flexibility index (Phi) is 3.63. The molecule has 0 saturated heterocycles. The predicted molar refractivity (Wildman–Crippen MR) is 82.4 cm³/mol. The van der Waals surface area contributed by atoms with Crippen LogP contribution in [0.3, 0.4) is 0 Å². The quantitative estimate of drug-likeness (QED) is 0.790. The van der Waals surface area contributed by atoms with Crippen LogP contribution < -0.4 is 5.32 Å². The molecule has 1 aromatic carbocycles. The van der Waals surface area contributed by atoms with Crippen molar-refractivity contribution < 1.29 is 4.42 Å². The first-order valence-electron chi connectivity index (χ1n) is 6.52. The molecule has 1 atom stereocenters. The van der Waals surface area contributed by atoms with Crippen LogP contribution >= 0.6 is 15.9 Å². The molecule has 3 aromatic rings. The van der Waals surface area contributed by atoms with Gasteiger partial charge in [-0.05, 0) is 31.2 Å². The van der Waals surface area contributed by atoms with Crippen molar-refractivity contribution >= 4 is 26.9 Å². The highest BCUT2D eigenvalue weighted by atomic mass is 79.9. The zero-order valence-corrected chi connectivity index (χ0v) is 13.0. The molecule has 1 unspecified atom stereocenters. The van der Waals surface area contributed by atoms with Crippen molar-refractivity contribution in [3.8, 4) is 0 Å². The molecule has 2 heterocycles. The van der Waals surface area contributed by atoms with Gasteiger partial charge >= 0.3 is 0 Å².